The highest BCUT2D eigenvalue weighted by Gasteiger charge is 2.33. The van der Waals surface area contributed by atoms with Gasteiger partial charge >= 0.3 is 5.97 Å². The number of aliphatic carboxylic acids is 1. The smallest absolute Gasteiger partial charge is 0.304 e. The van der Waals surface area contributed by atoms with E-state index >= 15 is 0 Å². The number of hydrogen-bond donors (Lipinski definition) is 2. The number of methoxy groups -OCH3 is 1. The summed E-state index contributed by atoms with van der Waals surface area (Å²) in [5.74, 6) is -0.694. The fourth-order valence-corrected chi connectivity index (χ4v) is 3.33. The van der Waals surface area contributed by atoms with Crippen LogP contribution >= 0.6 is 0 Å². The van der Waals surface area contributed by atoms with E-state index in [2.05, 4.69) is 0 Å². The van der Waals surface area contributed by atoms with Crippen LogP contribution in [0.5, 0.6) is 11.5 Å². The van der Waals surface area contributed by atoms with Gasteiger partial charge in [-0.25, -0.2) is 9.30 Å². The zero-order valence-electron chi connectivity index (χ0n) is 15.9. The van der Waals surface area contributed by atoms with Gasteiger partial charge in [0.1, 0.15) is 23.7 Å². The number of rotatable bonds is 7. The van der Waals surface area contributed by atoms with E-state index in [9.17, 15) is 20.2 Å². The van der Waals surface area contributed by atoms with E-state index in [1.54, 1.807) is 42.0 Å². The molecule has 0 fully saturated rings. The van der Waals surface area contributed by atoms with Crippen molar-refractivity contribution in [3.05, 3.63) is 70.3 Å². The van der Waals surface area contributed by atoms with Gasteiger partial charge < -0.3 is 24.6 Å². The number of aromatic hydroxyl groups is 1. The first-order valence-corrected chi connectivity index (χ1v) is 8.73. The number of carboxylic acids is 1. The van der Waals surface area contributed by atoms with Crippen LogP contribution in [-0.4, -0.2) is 27.9 Å². The summed E-state index contributed by atoms with van der Waals surface area (Å²) < 4.78 is 13.1. The molecule has 148 valence electrons. The highest BCUT2D eigenvalue weighted by atomic mass is 16.5. The summed E-state index contributed by atoms with van der Waals surface area (Å²) >= 11 is 0. The Kier molecular flexibility index (Phi) is 5.30. The van der Waals surface area contributed by atoms with Crippen LogP contribution in [0.3, 0.4) is 0 Å². The monoisotopic (exact) mass is 386 g/mol. The Bertz CT molecular complexity index is 991. The molecule has 8 heteroatoms. The third kappa shape index (κ3) is 3.53. The molecule has 8 nitrogen and oxygen atoms in total. The van der Waals surface area contributed by atoms with Gasteiger partial charge in [0, 0.05) is 13.8 Å². The van der Waals surface area contributed by atoms with Gasteiger partial charge in [0.25, 0.3) is 5.82 Å². The molecule has 0 spiro atoms. The SMILES string of the molecule is COc1cc(C(CC(=O)O)c2n(Cc3ccco3)c(C)c(C)[n+]2[O-])ccc1O. The fourth-order valence-electron chi connectivity index (χ4n) is 3.33. The molecule has 3 aromatic rings. The normalized spacial score (nSPS) is 12.1. The van der Waals surface area contributed by atoms with E-state index in [0.717, 1.165) is 10.4 Å². The zero-order valence-corrected chi connectivity index (χ0v) is 15.9. The molecule has 1 unspecified atom stereocenters. The van der Waals surface area contributed by atoms with Crippen molar-refractivity contribution in [2.75, 3.05) is 7.11 Å². The van der Waals surface area contributed by atoms with Gasteiger partial charge in [-0.2, -0.15) is 0 Å². The largest absolute Gasteiger partial charge is 0.711 e. The molecule has 2 aromatic heterocycles. The molecule has 2 N–H and O–H groups in total. The van der Waals surface area contributed by atoms with Crippen LogP contribution in [0, 0.1) is 19.1 Å². The second-order valence-corrected chi connectivity index (χ2v) is 6.57. The van der Waals surface area contributed by atoms with Crippen molar-refractivity contribution in [1.29, 1.82) is 0 Å². The lowest BCUT2D eigenvalue weighted by atomic mass is 9.94. The molecule has 0 saturated heterocycles. The van der Waals surface area contributed by atoms with Gasteiger partial charge in [-0.3, -0.25) is 4.79 Å². The summed E-state index contributed by atoms with van der Waals surface area (Å²) in [6, 6.07) is 8.13. The van der Waals surface area contributed by atoms with E-state index < -0.39 is 11.9 Å². The van der Waals surface area contributed by atoms with Gasteiger partial charge in [-0.05, 0) is 29.8 Å². The predicted octanol–water partition coefficient (Wildman–Crippen LogP) is 2.70. The van der Waals surface area contributed by atoms with Gasteiger partial charge in [-0.1, -0.05) is 6.07 Å². The van der Waals surface area contributed by atoms with E-state index in [-0.39, 0.29) is 17.9 Å². The number of imidazole rings is 1. The molecule has 0 amide bonds. The number of phenols is 1. The van der Waals surface area contributed by atoms with Crippen LogP contribution in [0.25, 0.3) is 0 Å². The summed E-state index contributed by atoms with van der Waals surface area (Å²) in [5, 5.41) is 32.3. The van der Waals surface area contributed by atoms with Crippen molar-refractivity contribution in [3.8, 4) is 11.5 Å². The Morgan fingerprint density at radius 1 is 1.36 bits per heavy atom. The third-order valence-corrected chi connectivity index (χ3v) is 4.91. The summed E-state index contributed by atoms with van der Waals surface area (Å²) in [7, 11) is 1.41. The molecule has 2 heterocycles. The second kappa shape index (κ2) is 7.67. The average Bonchev–Trinajstić information content (AvgIpc) is 3.24. The Labute approximate surface area is 161 Å². The van der Waals surface area contributed by atoms with Crippen molar-refractivity contribution >= 4 is 5.97 Å². The molecule has 0 aliphatic carbocycles. The zero-order chi connectivity index (χ0) is 20.4. The molecule has 1 atom stereocenters. The highest BCUT2D eigenvalue weighted by molar-refractivity contribution is 5.69. The van der Waals surface area contributed by atoms with Gasteiger partial charge in [0.05, 0.1) is 25.7 Å². The highest BCUT2D eigenvalue weighted by Crippen LogP contribution is 2.34. The number of nitrogens with zero attached hydrogens (tertiary/aromatic N) is 2. The Morgan fingerprint density at radius 2 is 2.11 bits per heavy atom. The first-order valence-electron chi connectivity index (χ1n) is 8.73. The van der Waals surface area contributed by atoms with E-state index in [0.29, 0.717) is 29.4 Å². The number of carbonyl (C=O) groups is 1. The number of phenolic OH excluding ortho intramolecular Hbond substituents is 1. The number of aromatic nitrogens is 2. The number of carboxylic acid groups (broad SMARTS) is 1. The minimum Gasteiger partial charge on any atom is -0.711 e. The molecule has 0 saturated carbocycles. The van der Waals surface area contributed by atoms with Gasteiger partial charge in [-0.15, -0.1) is 0 Å². The third-order valence-electron chi connectivity index (χ3n) is 4.91. The first-order chi connectivity index (χ1) is 13.3. The summed E-state index contributed by atoms with van der Waals surface area (Å²) in [4.78, 5) is 11.6. The topological polar surface area (TPSA) is 112 Å². The quantitative estimate of drug-likeness (QED) is 0.477. The molecule has 28 heavy (non-hydrogen) atoms. The second-order valence-electron chi connectivity index (χ2n) is 6.57. The Morgan fingerprint density at radius 3 is 2.71 bits per heavy atom. The van der Waals surface area contributed by atoms with Crippen molar-refractivity contribution in [2.24, 2.45) is 0 Å². The Hall–Kier alpha value is -3.42. The lowest BCUT2D eigenvalue weighted by Crippen LogP contribution is -2.36. The number of hydrogen-bond acceptors (Lipinski definition) is 5. The van der Waals surface area contributed by atoms with Crippen LogP contribution in [0.2, 0.25) is 0 Å². The lowest BCUT2D eigenvalue weighted by molar-refractivity contribution is -0.621. The average molecular weight is 386 g/mol. The van der Waals surface area contributed by atoms with Crippen molar-refractivity contribution in [3.63, 3.8) is 0 Å². The fraction of sp³-hybridized carbons (Fsp3) is 0.300. The van der Waals surface area contributed by atoms with Gasteiger partial charge in [0.2, 0.25) is 0 Å². The maximum absolute atomic E-state index is 12.9. The molecule has 0 aliphatic rings. The summed E-state index contributed by atoms with van der Waals surface area (Å²) in [5.41, 5.74) is 1.77. The summed E-state index contributed by atoms with van der Waals surface area (Å²) in [6.07, 6.45) is 1.25. The van der Waals surface area contributed by atoms with Crippen LogP contribution < -0.4 is 9.47 Å². The van der Waals surface area contributed by atoms with Gasteiger partial charge in [0.15, 0.2) is 11.5 Å². The number of benzene rings is 1. The Balaban J connectivity index is 2.18. The number of ether oxygens (including phenoxy) is 1. The molecule has 3 rings (SSSR count). The molecular formula is C20H22N2O6. The van der Waals surface area contributed by atoms with E-state index in [1.807, 2.05) is 6.92 Å². The minimum atomic E-state index is -1.04. The standard InChI is InChI=1S/C20H22N2O6/c1-12-13(2)22(26)20(21(12)11-15-5-4-8-28-15)16(10-19(24)25)14-6-7-17(23)18(9-14)27-3/h4-9,16,23H,10-11H2,1-3H3,(H,24,25). The molecular weight excluding hydrogens is 364 g/mol. The molecule has 1 aromatic carbocycles. The van der Waals surface area contributed by atoms with Crippen LogP contribution in [0.4, 0.5) is 0 Å². The van der Waals surface area contributed by atoms with Crippen LogP contribution in [-0.2, 0) is 11.3 Å². The molecule has 0 aliphatic heterocycles. The van der Waals surface area contributed by atoms with Crippen LogP contribution in [0.1, 0.15) is 40.9 Å². The maximum Gasteiger partial charge on any atom is 0.304 e. The first kappa shape index (κ1) is 19.3. The summed E-state index contributed by atoms with van der Waals surface area (Å²) in [6.45, 7) is 3.81. The predicted molar refractivity (Wildman–Crippen MR) is 99.4 cm³/mol. The van der Waals surface area contributed by atoms with Crippen LogP contribution in [0.15, 0.2) is 41.0 Å². The minimum absolute atomic E-state index is 0.0614. The lowest BCUT2D eigenvalue weighted by Gasteiger charge is -2.17. The molecule has 0 radical (unpaired) electrons. The van der Waals surface area contributed by atoms with E-state index in [4.69, 9.17) is 9.15 Å². The molecule has 0 bridgehead atoms. The van der Waals surface area contributed by atoms with Crippen molar-refractivity contribution in [2.45, 2.75) is 32.7 Å². The van der Waals surface area contributed by atoms with Crippen molar-refractivity contribution in [1.82, 2.24) is 4.57 Å². The number of furan rings is 1. The maximum atomic E-state index is 12.9. The van der Waals surface area contributed by atoms with E-state index in [1.165, 1.54) is 13.2 Å². The van der Waals surface area contributed by atoms with Crippen molar-refractivity contribution < 1.29 is 28.9 Å².